The predicted molar refractivity (Wildman–Crippen MR) is 94.8 cm³/mol. The summed E-state index contributed by atoms with van der Waals surface area (Å²) in [5, 5.41) is 0. The number of halogens is 1. The Labute approximate surface area is 153 Å². The van der Waals surface area contributed by atoms with Crippen molar-refractivity contribution in [2.24, 2.45) is 5.41 Å². The summed E-state index contributed by atoms with van der Waals surface area (Å²) < 4.78 is 14.4. The minimum Gasteiger partial charge on any atom is -0.340 e. The highest BCUT2D eigenvalue weighted by molar-refractivity contribution is 5.86. The van der Waals surface area contributed by atoms with Crippen molar-refractivity contribution in [2.45, 2.75) is 57.2 Å². The van der Waals surface area contributed by atoms with Crippen LogP contribution in [0.5, 0.6) is 0 Å². The number of rotatable bonds is 3. The number of hydrogen-bond acceptors (Lipinski definition) is 3. The van der Waals surface area contributed by atoms with E-state index in [9.17, 15) is 14.0 Å². The molecule has 1 aromatic heterocycles. The van der Waals surface area contributed by atoms with Crippen LogP contribution >= 0.6 is 0 Å². The van der Waals surface area contributed by atoms with Crippen molar-refractivity contribution in [3.8, 4) is 0 Å². The highest BCUT2D eigenvalue weighted by atomic mass is 19.1. The lowest BCUT2D eigenvalue weighted by Crippen LogP contribution is -2.56. The SMILES string of the molecule is O=C1CCC2(CCN(C(=O)C3(F)CCC3)CC2)CN1Cc1ccncc1. The van der Waals surface area contributed by atoms with E-state index in [4.69, 9.17) is 0 Å². The molecule has 1 aromatic rings. The number of hydrogen-bond donors (Lipinski definition) is 0. The molecular weight excluding hydrogens is 333 g/mol. The van der Waals surface area contributed by atoms with E-state index in [0.29, 0.717) is 38.9 Å². The molecule has 2 saturated heterocycles. The molecule has 1 saturated carbocycles. The van der Waals surface area contributed by atoms with Gasteiger partial charge in [-0.1, -0.05) is 0 Å². The first-order chi connectivity index (χ1) is 12.5. The van der Waals surface area contributed by atoms with E-state index in [1.807, 2.05) is 17.0 Å². The first-order valence-corrected chi connectivity index (χ1v) is 9.65. The van der Waals surface area contributed by atoms with Crippen LogP contribution < -0.4 is 0 Å². The van der Waals surface area contributed by atoms with E-state index in [1.165, 1.54) is 0 Å². The van der Waals surface area contributed by atoms with Crippen molar-refractivity contribution in [3.05, 3.63) is 30.1 Å². The standard InChI is InChI=1S/C20H26FN3O2/c21-20(5-1-6-20)18(26)23-12-8-19(9-13-23)7-2-17(25)24(15-19)14-16-3-10-22-11-4-16/h3-4,10-11H,1-2,5-9,12-15H2. The van der Waals surface area contributed by atoms with Gasteiger partial charge in [0.2, 0.25) is 5.91 Å². The van der Waals surface area contributed by atoms with E-state index in [0.717, 1.165) is 37.8 Å². The quantitative estimate of drug-likeness (QED) is 0.834. The molecule has 0 N–H and O–H groups in total. The van der Waals surface area contributed by atoms with Crippen molar-refractivity contribution in [1.82, 2.24) is 14.8 Å². The summed E-state index contributed by atoms with van der Waals surface area (Å²) in [5.41, 5.74) is -0.441. The summed E-state index contributed by atoms with van der Waals surface area (Å²) in [7, 11) is 0. The molecule has 0 radical (unpaired) electrons. The average Bonchev–Trinajstić information content (AvgIpc) is 2.64. The zero-order valence-electron chi connectivity index (χ0n) is 15.1. The number of carbonyl (C=O) groups excluding carboxylic acids is 2. The lowest BCUT2D eigenvalue weighted by atomic mass is 9.71. The second kappa shape index (κ2) is 6.63. The Morgan fingerprint density at radius 2 is 1.81 bits per heavy atom. The molecule has 1 aliphatic carbocycles. The van der Waals surface area contributed by atoms with Gasteiger partial charge in [0.25, 0.3) is 5.91 Å². The van der Waals surface area contributed by atoms with Crippen molar-refractivity contribution < 1.29 is 14.0 Å². The van der Waals surface area contributed by atoms with Gasteiger partial charge in [0.15, 0.2) is 5.67 Å². The fourth-order valence-electron chi connectivity index (χ4n) is 4.53. The summed E-state index contributed by atoms with van der Waals surface area (Å²) >= 11 is 0. The van der Waals surface area contributed by atoms with Crippen LogP contribution in [0.15, 0.2) is 24.5 Å². The number of carbonyl (C=O) groups is 2. The number of piperidine rings is 2. The first kappa shape index (κ1) is 17.4. The molecule has 3 heterocycles. The van der Waals surface area contributed by atoms with Crippen LogP contribution in [0.4, 0.5) is 4.39 Å². The third-order valence-electron chi connectivity index (χ3n) is 6.51. The average molecular weight is 359 g/mol. The fourth-order valence-corrected chi connectivity index (χ4v) is 4.53. The zero-order chi connectivity index (χ0) is 18.2. The molecule has 0 atom stereocenters. The Hall–Kier alpha value is -1.98. The summed E-state index contributed by atoms with van der Waals surface area (Å²) in [6, 6.07) is 3.88. The van der Waals surface area contributed by atoms with Crippen LogP contribution in [0.25, 0.3) is 0 Å². The van der Waals surface area contributed by atoms with E-state index in [1.54, 1.807) is 17.3 Å². The molecule has 26 heavy (non-hydrogen) atoms. The highest BCUT2D eigenvalue weighted by Crippen LogP contribution is 2.43. The predicted octanol–water partition coefficient (Wildman–Crippen LogP) is 2.71. The fraction of sp³-hybridized carbons (Fsp3) is 0.650. The molecule has 3 aliphatic rings. The number of pyridine rings is 1. The van der Waals surface area contributed by atoms with Crippen LogP contribution in [-0.4, -0.2) is 51.9 Å². The van der Waals surface area contributed by atoms with Gasteiger partial charge < -0.3 is 9.80 Å². The van der Waals surface area contributed by atoms with Gasteiger partial charge in [0.05, 0.1) is 0 Å². The maximum Gasteiger partial charge on any atom is 0.260 e. The molecule has 0 bridgehead atoms. The van der Waals surface area contributed by atoms with Gasteiger partial charge in [-0.25, -0.2) is 4.39 Å². The van der Waals surface area contributed by atoms with E-state index in [-0.39, 0.29) is 17.2 Å². The first-order valence-electron chi connectivity index (χ1n) is 9.65. The lowest BCUT2D eigenvalue weighted by Gasteiger charge is -2.48. The van der Waals surface area contributed by atoms with Crippen LogP contribution in [0.2, 0.25) is 0 Å². The largest absolute Gasteiger partial charge is 0.340 e. The molecule has 140 valence electrons. The molecule has 1 spiro atoms. The minimum atomic E-state index is -1.60. The van der Waals surface area contributed by atoms with Crippen molar-refractivity contribution in [2.75, 3.05) is 19.6 Å². The molecular formula is C20H26FN3O2. The van der Waals surface area contributed by atoms with Gasteiger partial charge in [0, 0.05) is 45.0 Å². The number of aromatic nitrogens is 1. The molecule has 5 nitrogen and oxygen atoms in total. The maximum atomic E-state index is 14.4. The second-order valence-corrected chi connectivity index (χ2v) is 8.22. The number of likely N-dealkylation sites (tertiary alicyclic amines) is 2. The Kier molecular flexibility index (Phi) is 4.45. The van der Waals surface area contributed by atoms with Crippen molar-refractivity contribution in [1.29, 1.82) is 0 Å². The second-order valence-electron chi connectivity index (χ2n) is 8.22. The molecule has 0 unspecified atom stereocenters. The molecule has 2 amide bonds. The monoisotopic (exact) mass is 359 g/mol. The van der Waals surface area contributed by atoms with Gasteiger partial charge in [0.1, 0.15) is 0 Å². The third kappa shape index (κ3) is 3.21. The summed E-state index contributed by atoms with van der Waals surface area (Å²) in [6.07, 6.45) is 8.21. The number of alkyl halides is 1. The van der Waals surface area contributed by atoms with Crippen LogP contribution in [0, 0.1) is 5.41 Å². The summed E-state index contributed by atoms with van der Waals surface area (Å²) in [5.74, 6) is -0.109. The van der Waals surface area contributed by atoms with Crippen LogP contribution in [0.3, 0.4) is 0 Å². The molecule has 4 rings (SSSR count). The molecule has 3 fully saturated rings. The summed E-state index contributed by atoms with van der Waals surface area (Å²) in [6.45, 7) is 2.57. The maximum absolute atomic E-state index is 14.4. The molecule has 0 aromatic carbocycles. The zero-order valence-corrected chi connectivity index (χ0v) is 15.1. The topological polar surface area (TPSA) is 53.5 Å². The van der Waals surface area contributed by atoms with Gasteiger partial charge in [-0.2, -0.15) is 0 Å². The normalized spacial score (nSPS) is 24.4. The van der Waals surface area contributed by atoms with E-state index in [2.05, 4.69) is 4.98 Å². The van der Waals surface area contributed by atoms with Gasteiger partial charge in [-0.3, -0.25) is 14.6 Å². The lowest BCUT2D eigenvalue weighted by molar-refractivity contribution is -0.154. The highest BCUT2D eigenvalue weighted by Gasteiger charge is 2.49. The number of amides is 2. The van der Waals surface area contributed by atoms with Gasteiger partial charge in [-0.15, -0.1) is 0 Å². The van der Waals surface area contributed by atoms with Crippen molar-refractivity contribution >= 4 is 11.8 Å². The summed E-state index contributed by atoms with van der Waals surface area (Å²) in [4.78, 5) is 32.5. The number of nitrogens with zero attached hydrogens (tertiary/aromatic N) is 3. The van der Waals surface area contributed by atoms with E-state index < -0.39 is 5.67 Å². The Balaban J connectivity index is 1.38. The van der Waals surface area contributed by atoms with Crippen LogP contribution in [0.1, 0.15) is 50.5 Å². The van der Waals surface area contributed by atoms with E-state index >= 15 is 0 Å². The van der Waals surface area contributed by atoms with Gasteiger partial charge >= 0.3 is 0 Å². The van der Waals surface area contributed by atoms with Crippen LogP contribution in [-0.2, 0) is 16.1 Å². The Morgan fingerprint density at radius 1 is 1.12 bits per heavy atom. The third-order valence-corrected chi connectivity index (χ3v) is 6.51. The van der Waals surface area contributed by atoms with Gasteiger partial charge in [-0.05, 0) is 61.6 Å². The molecule has 6 heteroatoms. The van der Waals surface area contributed by atoms with Crippen molar-refractivity contribution in [3.63, 3.8) is 0 Å². The smallest absolute Gasteiger partial charge is 0.260 e. The Bertz CT molecular complexity index is 682. The Morgan fingerprint density at radius 3 is 2.42 bits per heavy atom. The molecule has 2 aliphatic heterocycles. The minimum absolute atomic E-state index is 0.0702.